The van der Waals surface area contributed by atoms with Gasteiger partial charge in [-0.3, -0.25) is 9.69 Å². The number of hydrogen-bond donors (Lipinski definition) is 2. The third-order valence-corrected chi connectivity index (χ3v) is 4.06. The summed E-state index contributed by atoms with van der Waals surface area (Å²) in [6, 6.07) is 3.31. The molecule has 5 nitrogen and oxygen atoms in total. The van der Waals surface area contributed by atoms with Crippen molar-refractivity contribution >= 4 is 17.6 Å². The van der Waals surface area contributed by atoms with Crippen LogP contribution in [0.25, 0.3) is 0 Å². The van der Waals surface area contributed by atoms with Crippen LogP contribution in [0.15, 0.2) is 12.1 Å². The molecule has 6 heteroatoms. The molecule has 108 valence electrons. The molecule has 0 radical (unpaired) electrons. The van der Waals surface area contributed by atoms with E-state index in [0.29, 0.717) is 31.3 Å². The molecule has 1 unspecified atom stereocenters. The van der Waals surface area contributed by atoms with Crippen LogP contribution in [-0.4, -0.2) is 48.3 Å². The van der Waals surface area contributed by atoms with E-state index in [0.717, 1.165) is 29.8 Å². The number of rotatable bonds is 3. The van der Waals surface area contributed by atoms with E-state index >= 15 is 0 Å². The highest BCUT2D eigenvalue weighted by Gasteiger charge is 2.29. The van der Waals surface area contributed by atoms with Crippen LogP contribution in [0.1, 0.15) is 11.1 Å². The van der Waals surface area contributed by atoms with Gasteiger partial charge in [-0.2, -0.15) is 0 Å². The van der Waals surface area contributed by atoms with Gasteiger partial charge in [-0.1, -0.05) is 11.6 Å². The molecule has 2 N–H and O–H groups in total. The van der Waals surface area contributed by atoms with E-state index in [-0.39, 0.29) is 0 Å². The molecule has 2 aliphatic heterocycles. The second kappa shape index (κ2) is 5.60. The fourth-order valence-electron chi connectivity index (χ4n) is 2.86. The average Bonchev–Trinajstić information content (AvgIpc) is 2.87. The fourth-order valence-corrected chi connectivity index (χ4v) is 3.12. The molecule has 0 aliphatic carbocycles. The zero-order chi connectivity index (χ0) is 14.1. The Kier molecular flexibility index (Phi) is 3.83. The molecule has 0 saturated carbocycles. The predicted molar refractivity (Wildman–Crippen MR) is 75.4 cm³/mol. The van der Waals surface area contributed by atoms with Gasteiger partial charge in [0.2, 0.25) is 0 Å². The van der Waals surface area contributed by atoms with Crippen LogP contribution in [0.5, 0.6) is 5.75 Å². The lowest BCUT2D eigenvalue weighted by atomic mass is 10.1. The molecule has 0 aromatic heterocycles. The average molecular weight is 297 g/mol. The van der Waals surface area contributed by atoms with Gasteiger partial charge in [-0.25, -0.2) is 0 Å². The van der Waals surface area contributed by atoms with Crippen molar-refractivity contribution in [2.24, 2.45) is 0 Å². The monoisotopic (exact) mass is 296 g/mol. The summed E-state index contributed by atoms with van der Waals surface area (Å²) < 4.78 is 5.67. The fraction of sp³-hybridized carbons (Fsp3) is 0.500. The van der Waals surface area contributed by atoms with Gasteiger partial charge in [0.1, 0.15) is 11.8 Å². The Hall–Kier alpha value is -1.30. The van der Waals surface area contributed by atoms with E-state index in [4.69, 9.17) is 16.3 Å². The second-order valence-corrected chi connectivity index (χ2v) is 5.62. The molecule has 3 rings (SSSR count). The number of hydrogen-bond acceptors (Lipinski definition) is 4. The van der Waals surface area contributed by atoms with Crippen molar-refractivity contribution in [3.05, 3.63) is 28.3 Å². The summed E-state index contributed by atoms with van der Waals surface area (Å²) >= 11 is 6.14. The van der Waals surface area contributed by atoms with Crippen molar-refractivity contribution in [2.75, 3.05) is 26.2 Å². The zero-order valence-corrected chi connectivity index (χ0v) is 11.8. The number of halogens is 1. The molecule has 1 fully saturated rings. The van der Waals surface area contributed by atoms with Crippen molar-refractivity contribution in [2.45, 2.75) is 19.0 Å². The molecule has 20 heavy (non-hydrogen) atoms. The number of piperazine rings is 1. The van der Waals surface area contributed by atoms with E-state index in [2.05, 4.69) is 5.32 Å². The van der Waals surface area contributed by atoms with Crippen LogP contribution in [0.4, 0.5) is 0 Å². The lowest BCUT2D eigenvalue weighted by molar-refractivity contribution is -0.144. The number of benzene rings is 1. The standard InChI is InChI=1S/C14H17ClN2O3/c15-11-5-9-1-4-20-13(9)10(6-11)8-17-3-2-16-7-12(17)14(18)19/h5-6,12,16H,1-4,7-8H2,(H,18,19). The first-order valence-electron chi connectivity index (χ1n) is 6.77. The molecule has 1 atom stereocenters. The number of carbonyl (C=O) groups is 1. The quantitative estimate of drug-likeness (QED) is 0.876. The van der Waals surface area contributed by atoms with Crippen molar-refractivity contribution in [3.8, 4) is 5.75 Å². The van der Waals surface area contributed by atoms with Gasteiger partial charge in [0, 0.05) is 43.2 Å². The molecule has 2 aliphatic rings. The normalized spacial score (nSPS) is 22.4. The summed E-state index contributed by atoms with van der Waals surface area (Å²) in [6.45, 7) is 3.21. The van der Waals surface area contributed by atoms with Crippen molar-refractivity contribution < 1.29 is 14.6 Å². The highest BCUT2D eigenvalue weighted by atomic mass is 35.5. The number of nitrogens with one attached hydrogen (secondary N) is 1. The predicted octanol–water partition coefficient (Wildman–Crippen LogP) is 1.13. The first kappa shape index (κ1) is 13.7. The molecule has 1 saturated heterocycles. The van der Waals surface area contributed by atoms with Gasteiger partial charge in [0.25, 0.3) is 0 Å². The largest absolute Gasteiger partial charge is 0.493 e. The molecule has 2 heterocycles. The minimum atomic E-state index is -0.795. The molecular formula is C14H17ClN2O3. The molecule has 0 bridgehead atoms. The topological polar surface area (TPSA) is 61.8 Å². The third-order valence-electron chi connectivity index (χ3n) is 3.84. The maximum absolute atomic E-state index is 11.3. The van der Waals surface area contributed by atoms with Gasteiger partial charge in [0.15, 0.2) is 0 Å². The Morgan fingerprint density at radius 2 is 2.40 bits per heavy atom. The Labute approximate surface area is 122 Å². The van der Waals surface area contributed by atoms with Gasteiger partial charge < -0.3 is 15.2 Å². The highest BCUT2D eigenvalue weighted by molar-refractivity contribution is 6.30. The maximum Gasteiger partial charge on any atom is 0.322 e. The number of carboxylic acid groups (broad SMARTS) is 1. The van der Waals surface area contributed by atoms with Crippen LogP contribution in [-0.2, 0) is 17.8 Å². The van der Waals surface area contributed by atoms with Crippen molar-refractivity contribution in [3.63, 3.8) is 0 Å². The first-order valence-corrected chi connectivity index (χ1v) is 7.14. The first-order chi connectivity index (χ1) is 9.65. The van der Waals surface area contributed by atoms with E-state index in [1.807, 2.05) is 17.0 Å². The van der Waals surface area contributed by atoms with Gasteiger partial charge >= 0.3 is 5.97 Å². The Bertz CT molecular complexity index is 535. The number of carboxylic acids is 1. The lowest BCUT2D eigenvalue weighted by Gasteiger charge is -2.33. The van der Waals surface area contributed by atoms with Crippen molar-refractivity contribution in [1.29, 1.82) is 0 Å². The summed E-state index contributed by atoms with van der Waals surface area (Å²) in [5.41, 5.74) is 2.10. The zero-order valence-electron chi connectivity index (χ0n) is 11.1. The summed E-state index contributed by atoms with van der Waals surface area (Å²) in [7, 11) is 0. The van der Waals surface area contributed by atoms with Crippen LogP contribution in [0.2, 0.25) is 5.02 Å². The molecule has 1 aromatic rings. The number of aliphatic carboxylic acids is 1. The van der Waals surface area contributed by atoms with Gasteiger partial charge in [-0.05, 0) is 17.7 Å². The highest BCUT2D eigenvalue weighted by Crippen LogP contribution is 2.33. The molecule has 0 spiro atoms. The smallest absolute Gasteiger partial charge is 0.322 e. The summed E-state index contributed by atoms with van der Waals surface area (Å²) in [4.78, 5) is 13.3. The number of fused-ring (bicyclic) bond motifs is 1. The van der Waals surface area contributed by atoms with Crippen LogP contribution >= 0.6 is 11.6 Å². The molecule has 1 aromatic carbocycles. The van der Waals surface area contributed by atoms with E-state index < -0.39 is 12.0 Å². The van der Waals surface area contributed by atoms with Gasteiger partial charge in [-0.15, -0.1) is 0 Å². The SMILES string of the molecule is O=C(O)C1CNCCN1Cc1cc(Cl)cc2c1OCC2. The number of nitrogens with zero attached hydrogens (tertiary/aromatic N) is 1. The van der Waals surface area contributed by atoms with E-state index in [9.17, 15) is 9.90 Å². The Morgan fingerprint density at radius 3 is 3.20 bits per heavy atom. The van der Waals surface area contributed by atoms with E-state index in [1.54, 1.807) is 0 Å². The minimum absolute atomic E-state index is 0.471. The Morgan fingerprint density at radius 1 is 1.55 bits per heavy atom. The molecule has 0 amide bonds. The maximum atomic E-state index is 11.3. The van der Waals surface area contributed by atoms with Gasteiger partial charge in [0.05, 0.1) is 6.61 Å². The van der Waals surface area contributed by atoms with Crippen LogP contribution in [0.3, 0.4) is 0 Å². The second-order valence-electron chi connectivity index (χ2n) is 5.18. The molecular weight excluding hydrogens is 280 g/mol. The van der Waals surface area contributed by atoms with Crippen molar-refractivity contribution in [1.82, 2.24) is 10.2 Å². The third kappa shape index (κ3) is 2.61. The van der Waals surface area contributed by atoms with E-state index in [1.165, 1.54) is 0 Å². The minimum Gasteiger partial charge on any atom is -0.493 e. The lowest BCUT2D eigenvalue weighted by Crippen LogP contribution is -2.54. The van der Waals surface area contributed by atoms with Crippen LogP contribution in [0, 0.1) is 0 Å². The summed E-state index contributed by atoms with van der Waals surface area (Å²) in [5.74, 6) is 0.0915. The number of ether oxygens (including phenoxy) is 1. The summed E-state index contributed by atoms with van der Waals surface area (Å²) in [5, 5.41) is 13.1. The Balaban J connectivity index is 1.85. The summed E-state index contributed by atoms with van der Waals surface area (Å²) in [6.07, 6.45) is 0.868. The van der Waals surface area contributed by atoms with Crippen LogP contribution < -0.4 is 10.1 Å².